The minimum absolute atomic E-state index is 0.270. The Hall–Kier alpha value is -1.75. The van der Waals surface area contributed by atoms with E-state index in [0.29, 0.717) is 13.0 Å². The van der Waals surface area contributed by atoms with Crippen LogP contribution in [0.3, 0.4) is 0 Å². The van der Waals surface area contributed by atoms with E-state index in [9.17, 15) is 4.79 Å². The zero-order valence-corrected chi connectivity index (χ0v) is 14.8. The van der Waals surface area contributed by atoms with Gasteiger partial charge < -0.3 is 20.0 Å². The van der Waals surface area contributed by atoms with E-state index in [4.69, 9.17) is 0 Å². The second-order valence-corrected chi connectivity index (χ2v) is 6.73. The molecule has 0 radical (unpaired) electrons. The molecular weight excluding hydrogens is 300 g/mol. The molecule has 1 aromatic carbocycles. The van der Waals surface area contributed by atoms with Crippen molar-refractivity contribution in [1.82, 2.24) is 9.80 Å². The number of nitrogens with zero attached hydrogens (tertiary/aromatic N) is 3. The third-order valence-electron chi connectivity index (χ3n) is 5.18. The summed E-state index contributed by atoms with van der Waals surface area (Å²) in [5, 5.41) is 3.38. The van der Waals surface area contributed by atoms with Crippen molar-refractivity contribution in [3.63, 3.8) is 0 Å². The summed E-state index contributed by atoms with van der Waals surface area (Å²) < 4.78 is 0. The quantitative estimate of drug-likeness (QED) is 0.868. The van der Waals surface area contributed by atoms with Crippen LogP contribution in [0.4, 0.5) is 11.4 Å². The van der Waals surface area contributed by atoms with Crippen molar-refractivity contribution < 1.29 is 4.79 Å². The van der Waals surface area contributed by atoms with E-state index in [2.05, 4.69) is 46.3 Å². The molecule has 5 nitrogen and oxygen atoms in total. The number of nitrogens with one attached hydrogen (secondary N) is 1. The molecule has 3 rings (SSSR count). The minimum Gasteiger partial charge on any atom is -0.385 e. The Bertz CT molecular complexity index is 517. The van der Waals surface area contributed by atoms with Gasteiger partial charge in [0.05, 0.1) is 0 Å². The zero-order valence-electron chi connectivity index (χ0n) is 14.8. The highest BCUT2D eigenvalue weighted by Crippen LogP contribution is 2.22. The maximum atomic E-state index is 12.3. The number of hydrogen-bond donors (Lipinski definition) is 1. The van der Waals surface area contributed by atoms with Crippen molar-refractivity contribution in [3.8, 4) is 0 Å². The topological polar surface area (TPSA) is 38.8 Å². The van der Waals surface area contributed by atoms with E-state index in [1.165, 1.54) is 31.6 Å². The first kappa shape index (κ1) is 17.1. The van der Waals surface area contributed by atoms with Gasteiger partial charge in [0, 0.05) is 63.6 Å². The number of hydrogen-bond acceptors (Lipinski definition) is 4. The number of amides is 1. The Morgan fingerprint density at radius 2 is 1.67 bits per heavy atom. The predicted molar refractivity (Wildman–Crippen MR) is 99.7 cm³/mol. The highest BCUT2D eigenvalue weighted by Gasteiger charge is 2.19. The monoisotopic (exact) mass is 330 g/mol. The molecule has 2 saturated heterocycles. The van der Waals surface area contributed by atoms with Crippen LogP contribution in [-0.2, 0) is 4.79 Å². The van der Waals surface area contributed by atoms with Crippen molar-refractivity contribution in [1.29, 1.82) is 0 Å². The van der Waals surface area contributed by atoms with Gasteiger partial charge in [-0.2, -0.15) is 0 Å². The molecule has 2 fully saturated rings. The number of likely N-dealkylation sites (N-methyl/N-ethyl adjacent to an activating group) is 1. The predicted octanol–water partition coefficient (Wildman–Crippen LogP) is 2.25. The summed E-state index contributed by atoms with van der Waals surface area (Å²) in [6.07, 6.45) is 3.17. The van der Waals surface area contributed by atoms with Gasteiger partial charge in [0.25, 0.3) is 0 Å². The number of piperazine rings is 1. The molecule has 5 heteroatoms. The summed E-state index contributed by atoms with van der Waals surface area (Å²) in [6.45, 7) is 10.1. The van der Waals surface area contributed by atoms with Crippen LogP contribution in [0.15, 0.2) is 24.3 Å². The van der Waals surface area contributed by atoms with E-state index >= 15 is 0 Å². The first-order valence-corrected chi connectivity index (χ1v) is 9.35. The van der Waals surface area contributed by atoms with Crippen LogP contribution < -0.4 is 10.2 Å². The molecule has 2 heterocycles. The summed E-state index contributed by atoms with van der Waals surface area (Å²) in [6, 6.07) is 8.61. The molecule has 0 atom stereocenters. The van der Waals surface area contributed by atoms with Crippen LogP contribution in [0.5, 0.6) is 0 Å². The number of carbonyl (C=O) groups excluding carboxylic acids is 1. The summed E-state index contributed by atoms with van der Waals surface area (Å²) in [4.78, 5) is 19.1. The molecule has 1 aromatic rings. The van der Waals surface area contributed by atoms with Gasteiger partial charge in [-0.15, -0.1) is 0 Å². The van der Waals surface area contributed by atoms with Gasteiger partial charge in [-0.1, -0.05) is 6.92 Å². The SMILES string of the molecule is CCN1CCN(C(=O)CCNc2ccc(N3CCCC3)cc2)CC1. The number of carbonyl (C=O) groups is 1. The van der Waals surface area contributed by atoms with Crippen LogP contribution in [0, 0.1) is 0 Å². The van der Waals surface area contributed by atoms with E-state index in [-0.39, 0.29) is 5.91 Å². The lowest BCUT2D eigenvalue weighted by Crippen LogP contribution is -2.48. The Labute approximate surface area is 145 Å². The molecule has 24 heavy (non-hydrogen) atoms. The summed E-state index contributed by atoms with van der Waals surface area (Å²) in [5.41, 5.74) is 2.41. The van der Waals surface area contributed by atoms with Gasteiger partial charge in [0.2, 0.25) is 5.91 Å². The summed E-state index contributed by atoms with van der Waals surface area (Å²) in [7, 11) is 0. The molecule has 0 aromatic heterocycles. The lowest BCUT2D eigenvalue weighted by Gasteiger charge is -2.34. The highest BCUT2D eigenvalue weighted by atomic mass is 16.2. The van der Waals surface area contributed by atoms with Gasteiger partial charge in [-0.3, -0.25) is 4.79 Å². The van der Waals surface area contributed by atoms with Crippen molar-refractivity contribution in [2.75, 3.05) is 62.6 Å². The molecule has 2 aliphatic rings. The highest BCUT2D eigenvalue weighted by molar-refractivity contribution is 5.76. The van der Waals surface area contributed by atoms with Crippen LogP contribution in [0.1, 0.15) is 26.2 Å². The first-order valence-electron chi connectivity index (χ1n) is 9.35. The molecule has 1 N–H and O–H groups in total. The Kier molecular flexibility index (Phi) is 5.96. The molecule has 2 aliphatic heterocycles. The fraction of sp³-hybridized carbons (Fsp3) is 0.632. The molecule has 1 amide bonds. The molecule has 0 spiro atoms. The van der Waals surface area contributed by atoms with Crippen LogP contribution in [0.2, 0.25) is 0 Å². The molecule has 132 valence electrons. The Morgan fingerprint density at radius 3 is 2.29 bits per heavy atom. The second-order valence-electron chi connectivity index (χ2n) is 6.73. The van der Waals surface area contributed by atoms with Gasteiger partial charge in [-0.25, -0.2) is 0 Å². The van der Waals surface area contributed by atoms with Crippen molar-refractivity contribution in [2.24, 2.45) is 0 Å². The summed E-state index contributed by atoms with van der Waals surface area (Å²) >= 11 is 0. The molecular formula is C19H30N4O. The number of rotatable bonds is 6. The normalized spacial score (nSPS) is 18.9. The molecule has 0 unspecified atom stereocenters. The van der Waals surface area contributed by atoms with Crippen molar-refractivity contribution in [3.05, 3.63) is 24.3 Å². The van der Waals surface area contributed by atoms with Gasteiger partial charge >= 0.3 is 0 Å². The Balaban J connectivity index is 1.39. The number of benzene rings is 1. The van der Waals surface area contributed by atoms with E-state index in [1.54, 1.807) is 0 Å². The maximum absolute atomic E-state index is 12.3. The first-order chi connectivity index (χ1) is 11.8. The minimum atomic E-state index is 0.270. The van der Waals surface area contributed by atoms with Crippen LogP contribution in [-0.4, -0.2) is 68.1 Å². The molecule has 0 aliphatic carbocycles. The third kappa shape index (κ3) is 4.41. The molecule has 0 saturated carbocycles. The maximum Gasteiger partial charge on any atom is 0.224 e. The lowest BCUT2D eigenvalue weighted by atomic mass is 10.2. The summed E-state index contributed by atoms with van der Waals surface area (Å²) in [5.74, 6) is 0.270. The second kappa shape index (κ2) is 8.38. The zero-order chi connectivity index (χ0) is 16.8. The fourth-order valence-corrected chi connectivity index (χ4v) is 3.55. The van der Waals surface area contributed by atoms with E-state index in [1.807, 2.05) is 4.90 Å². The lowest BCUT2D eigenvalue weighted by molar-refractivity contribution is -0.132. The third-order valence-corrected chi connectivity index (χ3v) is 5.18. The fourth-order valence-electron chi connectivity index (χ4n) is 3.55. The number of anilines is 2. The van der Waals surface area contributed by atoms with E-state index in [0.717, 1.165) is 38.4 Å². The van der Waals surface area contributed by atoms with Crippen molar-refractivity contribution in [2.45, 2.75) is 26.2 Å². The smallest absolute Gasteiger partial charge is 0.224 e. The van der Waals surface area contributed by atoms with Crippen LogP contribution >= 0.6 is 0 Å². The standard InChI is InChI=1S/C19H30N4O/c1-2-21-13-15-23(16-14-21)19(24)9-10-20-17-5-7-18(8-6-17)22-11-3-4-12-22/h5-8,20H,2-4,9-16H2,1H3. The Morgan fingerprint density at radius 1 is 1.00 bits per heavy atom. The average Bonchev–Trinajstić information content (AvgIpc) is 3.17. The van der Waals surface area contributed by atoms with Crippen molar-refractivity contribution >= 4 is 17.3 Å². The largest absolute Gasteiger partial charge is 0.385 e. The average molecular weight is 330 g/mol. The van der Waals surface area contributed by atoms with Gasteiger partial charge in [0.15, 0.2) is 0 Å². The molecule has 0 bridgehead atoms. The van der Waals surface area contributed by atoms with Crippen LogP contribution in [0.25, 0.3) is 0 Å². The van der Waals surface area contributed by atoms with E-state index < -0.39 is 0 Å². The van der Waals surface area contributed by atoms with Gasteiger partial charge in [-0.05, 0) is 43.7 Å². The van der Waals surface area contributed by atoms with Gasteiger partial charge in [0.1, 0.15) is 0 Å².